The minimum atomic E-state index is -1.05. The summed E-state index contributed by atoms with van der Waals surface area (Å²) in [5.41, 5.74) is 7.31. The van der Waals surface area contributed by atoms with E-state index in [-0.39, 0.29) is 11.5 Å². The van der Waals surface area contributed by atoms with E-state index >= 15 is 0 Å². The zero-order valence-corrected chi connectivity index (χ0v) is 17.8. The molecule has 9 nitrogen and oxygen atoms in total. The second-order valence-corrected chi connectivity index (χ2v) is 7.37. The summed E-state index contributed by atoms with van der Waals surface area (Å²) in [5, 5.41) is 20.5. The van der Waals surface area contributed by atoms with Crippen molar-refractivity contribution < 1.29 is 9.90 Å². The van der Waals surface area contributed by atoms with Gasteiger partial charge in [0.15, 0.2) is 9.43 Å². The number of nitrogens with one attached hydrogen (secondary N) is 4. The number of thiocarbonyl (C=S) groups is 2. The number of nitrogens with zero attached hydrogens (tertiary/aromatic N) is 3. The van der Waals surface area contributed by atoms with Gasteiger partial charge in [0, 0.05) is 23.9 Å². The van der Waals surface area contributed by atoms with Crippen LogP contribution in [0.3, 0.4) is 0 Å². The van der Waals surface area contributed by atoms with Gasteiger partial charge in [0.2, 0.25) is 0 Å². The third kappa shape index (κ3) is 7.97. The van der Waals surface area contributed by atoms with Crippen LogP contribution in [0.5, 0.6) is 0 Å². The highest BCUT2D eigenvalue weighted by atomic mass is 32.2. The van der Waals surface area contributed by atoms with E-state index in [1.54, 1.807) is 6.20 Å². The molecule has 0 aliphatic heterocycles. The first-order valence-electron chi connectivity index (χ1n) is 8.26. The highest BCUT2D eigenvalue weighted by molar-refractivity contribution is 8.22. The van der Waals surface area contributed by atoms with Gasteiger partial charge >= 0.3 is 5.97 Å². The smallest absolute Gasteiger partial charge is 0.326 e. The van der Waals surface area contributed by atoms with Gasteiger partial charge in [-0.2, -0.15) is 10.2 Å². The summed E-state index contributed by atoms with van der Waals surface area (Å²) in [6.07, 6.45) is 6.56. The lowest BCUT2D eigenvalue weighted by molar-refractivity contribution is -0.139. The van der Waals surface area contributed by atoms with Gasteiger partial charge in [0.05, 0.1) is 12.5 Å². The standard InChI is InChI=1S/C17H19N7O2S3/c1-29-17(28)24-20-9-14(11-5-3-2-4-6-11)22-23-16(27)21-13(15(25)26)7-12-8-18-10-19-12/h2-6,8-10,13H,7H2,1H3,(H,18,19)(H,24,28)(H,25,26)(H2,21,23,27)/b20-9+,22-14-. The Morgan fingerprint density at radius 1 is 1.34 bits per heavy atom. The average molecular weight is 450 g/mol. The lowest BCUT2D eigenvalue weighted by Gasteiger charge is -2.15. The van der Waals surface area contributed by atoms with E-state index in [9.17, 15) is 9.90 Å². The monoisotopic (exact) mass is 449 g/mol. The van der Waals surface area contributed by atoms with E-state index in [1.165, 1.54) is 24.3 Å². The van der Waals surface area contributed by atoms with Crippen molar-refractivity contribution in [3.8, 4) is 0 Å². The molecule has 152 valence electrons. The van der Waals surface area contributed by atoms with Gasteiger partial charge in [-0.05, 0) is 18.5 Å². The number of imidazole rings is 1. The normalized spacial score (nSPS) is 12.4. The van der Waals surface area contributed by atoms with Gasteiger partial charge in [-0.25, -0.2) is 9.78 Å². The number of rotatable bonds is 8. The van der Waals surface area contributed by atoms with Crippen molar-refractivity contribution in [2.24, 2.45) is 10.2 Å². The molecule has 0 saturated heterocycles. The SMILES string of the molecule is CSC(=S)N/N=C/C(=N/NC(=S)NC(Cc1cnc[nH]1)C(=O)O)c1ccccc1. The molecule has 2 aromatic rings. The lowest BCUT2D eigenvalue weighted by Crippen LogP contribution is -2.46. The Labute approximate surface area is 182 Å². The first-order valence-corrected chi connectivity index (χ1v) is 10.3. The van der Waals surface area contributed by atoms with Crippen LogP contribution < -0.4 is 16.2 Å². The van der Waals surface area contributed by atoms with Crippen LogP contribution in [0.15, 0.2) is 53.1 Å². The number of hydrogen-bond acceptors (Lipinski definition) is 7. The summed E-state index contributed by atoms with van der Waals surface area (Å²) in [4.78, 5) is 18.2. The van der Waals surface area contributed by atoms with E-state index in [2.05, 4.69) is 36.3 Å². The van der Waals surface area contributed by atoms with Crippen LogP contribution in [-0.4, -0.2) is 54.7 Å². The Balaban J connectivity index is 2.06. The molecule has 1 unspecified atom stereocenters. The molecule has 1 aromatic carbocycles. The highest BCUT2D eigenvalue weighted by Gasteiger charge is 2.19. The quantitative estimate of drug-likeness (QED) is 0.231. The predicted octanol–water partition coefficient (Wildman–Crippen LogP) is 1.50. The van der Waals surface area contributed by atoms with E-state index < -0.39 is 12.0 Å². The van der Waals surface area contributed by atoms with Crippen LogP contribution in [0.4, 0.5) is 0 Å². The fourth-order valence-corrected chi connectivity index (χ4v) is 2.47. The molecule has 0 fully saturated rings. The van der Waals surface area contributed by atoms with Gasteiger partial charge < -0.3 is 15.4 Å². The largest absolute Gasteiger partial charge is 0.480 e. The van der Waals surface area contributed by atoms with Gasteiger partial charge in [-0.15, -0.1) is 0 Å². The number of thioether (sulfide) groups is 1. The minimum Gasteiger partial charge on any atom is -0.480 e. The molecule has 0 radical (unpaired) electrons. The Morgan fingerprint density at radius 2 is 2.10 bits per heavy atom. The molecule has 0 aliphatic carbocycles. The van der Waals surface area contributed by atoms with Crippen molar-refractivity contribution in [2.45, 2.75) is 12.5 Å². The minimum absolute atomic E-state index is 0.0614. The molecule has 1 heterocycles. The predicted molar refractivity (Wildman–Crippen MR) is 123 cm³/mol. The fourth-order valence-electron chi connectivity index (χ4n) is 2.09. The summed E-state index contributed by atoms with van der Waals surface area (Å²) >= 11 is 11.6. The number of carboxylic acid groups (broad SMARTS) is 1. The molecule has 0 saturated carbocycles. The Kier molecular flexibility index (Phi) is 9.21. The molecule has 2 rings (SSSR count). The van der Waals surface area contributed by atoms with Crippen molar-refractivity contribution in [2.75, 3.05) is 6.26 Å². The van der Waals surface area contributed by atoms with Crippen LogP contribution in [0.1, 0.15) is 11.3 Å². The molecular formula is C17H19N7O2S3. The van der Waals surface area contributed by atoms with E-state index in [0.29, 0.717) is 15.7 Å². The Bertz CT molecular complexity index is 886. The first kappa shape index (κ1) is 22.5. The number of carboxylic acids is 1. The molecule has 1 atom stereocenters. The van der Waals surface area contributed by atoms with Crippen molar-refractivity contribution in [3.05, 3.63) is 54.1 Å². The summed E-state index contributed by atoms with van der Waals surface area (Å²) in [7, 11) is 0. The maximum absolute atomic E-state index is 11.5. The molecule has 0 bridgehead atoms. The van der Waals surface area contributed by atoms with Gasteiger partial charge in [-0.3, -0.25) is 10.9 Å². The molecular weight excluding hydrogens is 430 g/mol. The maximum atomic E-state index is 11.5. The Morgan fingerprint density at radius 3 is 2.72 bits per heavy atom. The highest BCUT2D eigenvalue weighted by Crippen LogP contribution is 2.01. The topological polar surface area (TPSA) is 127 Å². The van der Waals surface area contributed by atoms with E-state index in [0.717, 1.165) is 5.56 Å². The molecule has 0 spiro atoms. The second-order valence-electron chi connectivity index (χ2n) is 5.48. The maximum Gasteiger partial charge on any atom is 0.326 e. The van der Waals surface area contributed by atoms with Crippen LogP contribution >= 0.6 is 36.2 Å². The van der Waals surface area contributed by atoms with Gasteiger partial charge in [-0.1, -0.05) is 54.3 Å². The van der Waals surface area contributed by atoms with Crippen molar-refractivity contribution in [3.63, 3.8) is 0 Å². The summed E-state index contributed by atoms with van der Waals surface area (Å²) in [6.45, 7) is 0. The third-order valence-electron chi connectivity index (χ3n) is 3.46. The van der Waals surface area contributed by atoms with Crippen LogP contribution in [0, 0.1) is 0 Å². The molecule has 29 heavy (non-hydrogen) atoms. The summed E-state index contributed by atoms with van der Waals surface area (Å²) in [6, 6.07) is 8.37. The van der Waals surface area contributed by atoms with Crippen LogP contribution in [0.2, 0.25) is 0 Å². The van der Waals surface area contributed by atoms with E-state index in [4.69, 9.17) is 24.4 Å². The number of carbonyl (C=O) groups is 1. The van der Waals surface area contributed by atoms with Crippen molar-refractivity contribution in [1.82, 2.24) is 26.1 Å². The van der Waals surface area contributed by atoms with Gasteiger partial charge in [0.25, 0.3) is 0 Å². The summed E-state index contributed by atoms with van der Waals surface area (Å²) in [5.74, 6) is -1.05. The molecule has 0 amide bonds. The number of aromatic amines is 1. The zero-order valence-electron chi connectivity index (χ0n) is 15.3. The fraction of sp³-hybridized carbons (Fsp3) is 0.176. The number of aliphatic carboxylic acids is 1. The summed E-state index contributed by atoms with van der Waals surface area (Å²) < 4.78 is 0.516. The zero-order chi connectivity index (χ0) is 21.1. The van der Waals surface area contributed by atoms with E-state index in [1.807, 2.05) is 36.6 Å². The molecule has 5 N–H and O–H groups in total. The number of H-pyrrole nitrogens is 1. The van der Waals surface area contributed by atoms with Crippen LogP contribution in [-0.2, 0) is 11.2 Å². The average Bonchev–Trinajstić information content (AvgIpc) is 3.23. The Hall–Kier alpha value is -2.83. The second kappa shape index (κ2) is 11.9. The lowest BCUT2D eigenvalue weighted by atomic mass is 10.1. The molecule has 12 heteroatoms. The first-order chi connectivity index (χ1) is 14.0. The molecule has 1 aromatic heterocycles. The van der Waals surface area contributed by atoms with Crippen LogP contribution in [0.25, 0.3) is 0 Å². The number of aromatic nitrogens is 2. The van der Waals surface area contributed by atoms with Gasteiger partial charge in [0.1, 0.15) is 11.8 Å². The van der Waals surface area contributed by atoms with Crippen molar-refractivity contribution >= 4 is 63.5 Å². The molecule has 0 aliphatic rings. The number of benzene rings is 1. The van der Waals surface area contributed by atoms with Crippen molar-refractivity contribution in [1.29, 1.82) is 0 Å². The third-order valence-corrected chi connectivity index (χ3v) is 4.72. The number of hydrazone groups is 2. The number of hydrogen-bond donors (Lipinski definition) is 5.